The lowest BCUT2D eigenvalue weighted by molar-refractivity contribution is 0.136. The van der Waals surface area contributed by atoms with Gasteiger partial charge in [-0.05, 0) is 12.5 Å². The molecule has 1 aliphatic heterocycles. The topological polar surface area (TPSA) is 61.6 Å². The second-order valence-electron chi connectivity index (χ2n) is 3.74. The lowest BCUT2D eigenvalue weighted by atomic mass is 9.93. The number of primary amides is 1. The van der Waals surface area contributed by atoms with Crippen LogP contribution in [-0.4, -0.2) is 19.3 Å². The third kappa shape index (κ3) is 2.30. The summed E-state index contributed by atoms with van der Waals surface area (Å²) >= 11 is 0. The molecule has 0 unspecified atom stereocenters. The lowest BCUT2D eigenvalue weighted by Crippen LogP contribution is -2.23. The largest absolute Gasteiger partial charge is 0.490 e. The molecule has 6 heteroatoms. The zero-order valence-electron chi connectivity index (χ0n) is 8.91. The molecule has 1 heterocycles. The van der Waals surface area contributed by atoms with Crippen molar-refractivity contribution in [2.75, 3.05) is 13.2 Å². The van der Waals surface area contributed by atoms with Crippen LogP contribution in [0.4, 0.5) is 13.6 Å². The summed E-state index contributed by atoms with van der Waals surface area (Å²) in [6.07, 6.45) is -0.327. The summed E-state index contributed by atoms with van der Waals surface area (Å²) in [5.41, 5.74) is 5.35. The first kappa shape index (κ1) is 11.6. The summed E-state index contributed by atoms with van der Waals surface area (Å²) < 4.78 is 36.2. The summed E-state index contributed by atoms with van der Waals surface area (Å²) in [5.74, 6) is -2.29. The second kappa shape index (κ2) is 4.57. The van der Waals surface area contributed by atoms with Gasteiger partial charge < -0.3 is 15.2 Å². The van der Waals surface area contributed by atoms with Crippen LogP contribution < -0.4 is 10.5 Å². The molecule has 2 rings (SSSR count). The molecule has 1 aliphatic rings. The van der Waals surface area contributed by atoms with Crippen LogP contribution in [0.25, 0.3) is 0 Å². The molecule has 1 aromatic rings. The summed E-state index contributed by atoms with van der Waals surface area (Å²) in [5, 5.41) is 0. The number of ether oxygens (including phenoxy) is 2. The van der Waals surface area contributed by atoms with Gasteiger partial charge in [0.05, 0.1) is 6.61 Å². The Morgan fingerprint density at radius 3 is 3.00 bits per heavy atom. The van der Waals surface area contributed by atoms with E-state index in [2.05, 4.69) is 4.74 Å². The Bertz CT molecular complexity index is 451. The van der Waals surface area contributed by atoms with Crippen molar-refractivity contribution in [1.82, 2.24) is 0 Å². The van der Waals surface area contributed by atoms with Crippen LogP contribution >= 0.6 is 0 Å². The van der Waals surface area contributed by atoms with Crippen molar-refractivity contribution in [2.24, 2.45) is 5.73 Å². The summed E-state index contributed by atoms with van der Waals surface area (Å²) in [6, 6.07) is 2.46. The molecular formula is C11H11F2NO3. The molecule has 92 valence electrons. The van der Waals surface area contributed by atoms with Crippen LogP contribution in [0.3, 0.4) is 0 Å². The molecular weight excluding hydrogens is 232 g/mol. The fourth-order valence-corrected chi connectivity index (χ4v) is 1.83. The summed E-state index contributed by atoms with van der Waals surface area (Å²) in [7, 11) is 0. The van der Waals surface area contributed by atoms with E-state index < -0.39 is 17.7 Å². The van der Waals surface area contributed by atoms with Gasteiger partial charge in [-0.25, -0.2) is 9.18 Å². The number of nitrogens with two attached hydrogens (primary N) is 1. The summed E-state index contributed by atoms with van der Waals surface area (Å²) in [4.78, 5) is 10.5. The van der Waals surface area contributed by atoms with E-state index in [1.54, 1.807) is 0 Å². The molecule has 2 N–H and O–H groups in total. The Hall–Kier alpha value is -1.85. The van der Waals surface area contributed by atoms with Crippen molar-refractivity contribution in [3.05, 3.63) is 29.3 Å². The predicted molar refractivity (Wildman–Crippen MR) is 54.7 cm³/mol. The van der Waals surface area contributed by atoms with Crippen LogP contribution in [0, 0.1) is 11.6 Å². The number of hydrogen-bond donors (Lipinski definition) is 1. The molecule has 17 heavy (non-hydrogen) atoms. The number of halogens is 2. The van der Waals surface area contributed by atoms with Crippen molar-refractivity contribution in [3.8, 4) is 5.75 Å². The highest BCUT2D eigenvalue weighted by molar-refractivity contribution is 5.64. The van der Waals surface area contributed by atoms with Crippen LogP contribution in [0.1, 0.15) is 17.9 Å². The number of hydrogen-bond acceptors (Lipinski definition) is 3. The monoisotopic (exact) mass is 243 g/mol. The molecule has 0 bridgehead atoms. The van der Waals surface area contributed by atoms with Gasteiger partial charge in [-0.15, -0.1) is 0 Å². The molecule has 0 aliphatic carbocycles. The van der Waals surface area contributed by atoms with Gasteiger partial charge in [0, 0.05) is 11.5 Å². The number of fused-ring (bicyclic) bond motifs is 1. The van der Waals surface area contributed by atoms with Gasteiger partial charge in [0.2, 0.25) is 5.82 Å². The highest BCUT2D eigenvalue weighted by Crippen LogP contribution is 2.36. The van der Waals surface area contributed by atoms with E-state index in [0.717, 1.165) is 6.07 Å². The number of carbonyl (C=O) groups is 1. The zero-order valence-corrected chi connectivity index (χ0v) is 8.91. The molecule has 0 aromatic heterocycles. The van der Waals surface area contributed by atoms with Gasteiger partial charge in [0.25, 0.3) is 0 Å². The van der Waals surface area contributed by atoms with Gasteiger partial charge in [0.1, 0.15) is 6.61 Å². The Labute approximate surface area is 96.3 Å². The normalized spacial score (nSPS) is 18.1. The Morgan fingerprint density at radius 2 is 2.29 bits per heavy atom. The standard InChI is InChI=1S/C11H11F2NO3/c12-8-2-1-7-6(5-17-11(14)15)3-4-16-10(7)9(8)13/h1-2,6H,3-5H2,(H2,14,15)/t6-/m0/s1. The predicted octanol–water partition coefficient (Wildman–Crippen LogP) is 1.93. The van der Waals surface area contributed by atoms with Gasteiger partial charge in [0.15, 0.2) is 11.6 Å². The van der Waals surface area contributed by atoms with Crippen molar-refractivity contribution < 1.29 is 23.0 Å². The van der Waals surface area contributed by atoms with E-state index in [4.69, 9.17) is 10.5 Å². The van der Waals surface area contributed by atoms with Gasteiger partial charge in [-0.2, -0.15) is 4.39 Å². The first-order valence-electron chi connectivity index (χ1n) is 5.12. The molecule has 0 saturated heterocycles. The van der Waals surface area contributed by atoms with Gasteiger partial charge in [-0.3, -0.25) is 0 Å². The maximum Gasteiger partial charge on any atom is 0.404 e. The van der Waals surface area contributed by atoms with E-state index in [0.29, 0.717) is 12.0 Å². The van der Waals surface area contributed by atoms with E-state index in [-0.39, 0.29) is 24.9 Å². The maximum absolute atomic E-state index is 13.4. The smallest absolute Gasteiger partial charge is 0.404 e. The van der Waals surface area contributed by atoms with Gasteiger partial charge in [-0.1, -0.05) is 6.07 Å². The Balaban J connectivity index is 2.25. The molecule has 0 saturated carbocycles. The van der Waals surface area contributed by atoms with Crippen molar-refractivity contribution in [2.45, 2.75) is 12.3 Å². The third-order valence-electron chi connectivity index (χ3n) is 2.66. The average molecular weight is 243 g/mol. The molecule has 0 radical (unpaired) electrons. The van der Waals surface area contributed by atoms with E-state index >= 15 is 0 Å². The van der Waals surface area contributed by atoms with Crippen molar-refractivity contribution >= 4 is 6.09 Å². The molecule has 1 aromatic carbocycles. The third-order valence-corrected chi connectivity index (χ3v) is 2.66. The Morgan fingerprint density at radius 1 is 1.53 bits per heavy atom. The SMILES string of the molecule is NC(=O)OC[C@@H]1CCOc2c1ccc(F)c2F. The molecule has 1 amide bonds. The van der Waals surface area contributed by atoms with Crippen LogP contribution in [-0.2, 0) is 4.74 Å². The van der Waals surface area contributed by atoms with Crippen LogP contribution in [0.5, 0.6) is 5.75 Å². The van der Waals surface area contributed by atoms with E-state index in [9.17, 15) is 13.6 Å². The van der Waals surface area contributed by atoms with Crippen molar-refractivity contribution in [3.63, 3.8) is 0 Å². The van der Waals surface area contributed by atoms with Gasteiger partial charge >= 0.3 is 6.09 Å². The summed E-state index contributed by atoms with van der Waals surface area (Å²) in [6.45, 7) is 0.289. The zero-order chi connectivity index (χ0) is 12.4. The number of benzene rings is 1. The molecule has 0 spiro atoms. The minimum Gasteiger partial charge on any atom is -0.490 e. The van der Waals surface area contributed by atoms with Crippen LogP contribution in [0.15, 0.2) is 12.1 Å². The highest BCUT2D eigenvalue weighted by Gasteiger charge is 2.26. The van der Waals surface area contributed by atoms with E-state index in [1.807, 2.05) is 0 Å². The fourth-order valence-electron chi connectivity index (χ4n) is 1.83. The van der Waals surface area contributed by atoms with Crippen LogP contribution in [0.2, 0.25) is 0 Å². The van der Waals surface area contributed by atoms with Crippen molar-refractivity contribution in [1.29, 1.82) is 0 Å². The number of carbonyl (C=O) groups excluding carboxylic acids is 1. The molecule has 4 nitrogen and oxygen atoms in total. The quantitative estimate of drug-likeness (QED) is 0.863. The Kier molecular flexibility index (Phi) is 3.12. The number of rotatable bonds is 2. The minimum absolute atomic E-state index is 0.0385. The first-order valence-corrected chi connectivity index (χ1v) is 5.12. The lowest BCUT2D eigenvalue weighted by Gasteiger charge is -2.25. The highest BCUT2D eigenvalue weighted by atomic mass is 19.2. The fraction of sp³-hybridized carbons (Fsp3) is 0.364. The second-order valence-corrected chi connectivity index (χ2v) is 3.74. The maximum atomic E-state index is 13.4. The minimum atomic E-state index is -1.01. The average Bonchev–Trinajstić information content (AvgIpc) is 2.31. The molecule has 0 fully saturated rings. The first-order chi connectivity index (χ1) is 8.09. The molecule has 1 atom stereocenters. The number of amides is 1. The van der Waals surface area contributed by atoms with E-state index in [1.165, 1.54) is 6.07 Å².